The molecular formula is C21H22N4O2. The standard InChI is InChI=1S/C21H22N4O2/c1-15(2)17-10-6-7-11-18(17)22-19-12-13-20(25-24-19)23-21(26)14-27-16-8-4-3-5-9-16/h3-13,15H,14H2,1-2H3,(H,22,24)(H,23,25,26). The van der Waals surface area contributed by atoms with E-state index in [9.17, 15) is 4.79 Å². The molecule has 138 valence electrons. The van der Waals surface area contributed by atoms with E-state index in [2.05, 4.69) is 40.7 Å². The van der Waals surface area contributed by atoms with Gasteiger partial charge in [0.1, 0.15) is 5.75 Å². The van der Waals surface area contributed by atoms with E-state index in [-0.39, 0.29) is 12.5 Å². The SMILES string of the molecule is CC(C)c1ccccc1Nc1ccc(NC(=O)COc2ccccc2)nn1. The predicted octanol–water partition coefficient (Wildman–Crippen LogP) is 4.36. The molecule has 0 fully saturated rings. The predicted molar refractivity (Wildman–Crippen MR) is 106 cm³/mol. The molecule has 0 aliphatic carbocycles. The average Bonchev–Trinajstić information content (AvgIpc) is 2.69. The van der Waals surface area contributed by atoms with Crippen molar-refractivity contribution in [3.05, 3.63) is 72.3 Å². The highest BCUT2D eigenvalue weighted by Crippen LogP contribution is 2.26. The fraction of sp³-hybridized carbons (Fsp3) is 0.190. The molecule has 0 unspecified atom stereocenters. The number of hydrogen-bond acceptors (Lipinski definition) is 5. The van der Waals surface area contributed by atoms with Crippen molar-refractivity contribution in [3.8, 4) is 5.75 Å². The first-order valence-corrected chi connectivity index (χ1v) is 8.79. The second-order valence-electron chi connectivity index (χ2n) is 6.32. The van der Waals surface area contributed by atoms with Gasteiger partial charge in [-0.1, -0.05) is 50.2 Å². The fourth-order valence-electron chi connectivity index (χ4n) is 2.56. The van der Waals surface area contributed by atoms with Crippen LogP contribution >= 0.6 is 0 Å². The molecule has 27 heavy (non-hydrogen) atoms. The van der Waals surface area contributed by atoms with E-state index in [1.807, 2.05) is 36.4 Å². The summed E-state index contributed by atoms with van der Waals surface area (Å²) < 4.78 is 5.41. The summed E-state index contributed by atoms with van der Waals surface area (Å²) in [6.45, 7) is 4.19. The number of benzene rings is 2. The molecule has 3 aromatic rings. The lowest BCUT2D eigenvalue weighted by molar-refractivity contribution is -0.118. The summed E-state index contributed by atoms with van der Waals surface area (Å²) in [5.74, 6) is 1.73. The minimum Gasteiger partial charge on any atom is -0.484 e. The summed E-state index contributed by atoms with van der Waals surface area (Å²) in [6.07, 6.45) is 0. The molecule has 6 heteroatoms. The van der Waals surface area contributed by atoms with Gasteiger partial charge in [-0.25, -0.2) is 0 Å². The molecule has 2 N–H and O–H groups in total. The Hall–Kier alpha value is -3.41. The van der Waals surface area contributed by atoms with Gasteiger partial charge in [-0.2, -0.15) is 0 Å². The van der Waals surface area contributed by atoms with Gasteiger partial charge >= 0.3 is 0 Å². The number of carbonyl (C=O) groups excluding carboxylic acids is 1. The quantitative estimate of drug-likeness (QED) is 0.653. The highest BCUT2D eigenvalue weighted by atomic mass is 16.5. The maximum atomic E-state index is 12.0. The maximum absolute atomic E-state index is 12.0. The molecule has 0 saturated carbocycles. The number of amides is 1. The average molecular weight is 362 g/mol. The Morgan fingerprint density at radius 1 is 0.926 bits per heavy atom. The van der Waals surface area contributed by atoms with E-state index in [0.29, 0.717) is 23.3 Å². The maximum Gasteiger partial charge on any atom is 0.263 e. The summed E-state index contributed by atoms with van der Waals surface area (Å²) in [4.78, 5) is 12.0. The van der Waals surface area contributed by atoms with Crippen LogP contribution in [-0.2, 0) is 4.79 Å². The highest BCUT2D eigenvalue weighted by molar-refractivity contribution is 5.90. The van der Waals surface area contributed by atoms with Gasteiger partial charge in [-0.15, -0.1) is 10.2 Å². The van der Waals surface area contributed by atoms with Crippen LogP contribution in [0.5, 0.6) is 5.75 Å². The summed E-state index contributed by atoms with van der Waals surface area (Å²) in [5, 5.41) is 14.1. The molecule has 0 radical (unpaired) electrons. The van der Waals surface area contributed by atoms with Crippen molar-refractivity contribution in [1.82, 2.24) is 10.2 Å². The van der Waals surface area contributed by atoms with Crippen LogP contribution in [-0.4, -0.2) is 22.7 Å². The van der Waals surface area contributed by atoms with E-state index in [4.69, 9.17) is 4.74 Å². The molecule has 0 saturated heterocycles. The Kier molecular flexibility index (Phi) is 5.99. The molecular weight excluding hydrogens is 340 g/mol. The van der Waals surface area contributed by atoms with E-state index in [1.54, 1.807) is 24.3 Å². The third kappa shape index (κ3) is 5.28. The van der Waals surface area contributed by atoms with Crippen LogP contribution in [0.15, 0.2) is 66.7 Å². The lowest BCUT2D eigenvalue weighted by Gasteiger charge is -2.13. The number of ether oxygens (including phenoxy) is 1. The number of carbonyl (C=O) groups is 1. The van der Waals surface area contributed by atoms with Crippen LogP contribution < -0.4 is 15.4 Å². The van der Waals surface area contributed by atoms with Gasteiger partial charge in [0.15, 0.2) is 18.2 Å². The molecule has 0 spiro atoms. The monoisotopic (exact) mass is 362 g/mol. The molecule has 1 heterocycles. The first-order valence-electron chi connectivity index (χ1n) is 8.79. The molecule has 0 aliphatic heterocycles. The van der Waals surface area contributed by atoms with Crippen LogP contribution in [0.3, 0.4) is 0 Å². The Bertz CT molecular complexity index is 880. The highest BCUT2D eigenvalue weighted by Gasteiger charge is 2.08. The van der Waals surface area contributed by atoms with Gasteiger partial charge in [0.05, 0.1) is 0 Å². The summed E-state index contributed by atoms with van der Waals surface area (Å²) in [5.41, 5.74) is 2.20. The third-order valence-electron chi connectivity index (χ3n) is 3.89. The first-order chi connectivity index (χ1) is 13.1. The molecule has 3 rings (SSSR count). The van der Waals surface area contributed by atoms with Crippen LogP contribution in [0, 0.1) is 0 Å². The minimum atomic E-state index is -0.293. The van der Waals surface area contributed by atoms with Crippen LogP contribution in [0.25, 0.3) is 0 Å². The van der Waals surface area contributed by atoms with Crippen molar-refractivity contribution in [2.75, 3.05) is 17.2 Å². The van der Waals surface area contributed by atoms with Gasteiger partial charge in [-0.3, -0.25) is 4.79 Å². The largest absolute Gasteiger partial charge is 0.484 e. The van der Waals surface area contributed by atoms with Crippen LogP contribution in [0.2, 0.25) is 0 Å². The molecule has 6 nitrogen and oxygen atoms in total. The Morgan fingerprint density at radius 2 is 1.59 bits per heavy atom. The number of rotatable bonds is 7. The van der Waals surface area contributed by atoms with E-state index in [1.165, 1.54) is 5.56 Å². The third-order valence-corrected chi connectivity index (χ3v) is 3.89. The van der Waals surface area contributed by atoms with Crippen LogP contribution in [0.4, 0.5) is 17.3 Å². The molecule has 0 atom stereocenters. The number of nitrogens with zero attached hydrogens (tertiary/aromatic N) is 2. The molecule has 1 aromatic heterocycles. The number of nitrogens with one attached hydrogen (secondary N) is 2. The van der Waals surface area contributed by atoms with Gasteiger partial charge in [0.2, 0.25) is 0 Å². The zero-order valence-corrected chi connectivity index (χ0v) is 15.3. The zero-order chi connectivity index (χ0) is 19.1. The van der Waals surface area contributed by atoms with Gasteiger partial charge < -0.3 is 15.4 Å². The second kappa shape index (κ2) is 8.80. The summed E-state index contributed by atoms with van der Waals surface area (Å²) in [6, 6.07) is 20.7. The molecule has 2 aromatic carbocycles. The lowest BCUT2D eigenvalue weighted by Crippen LogP contribution is -2.21. The molecule has 0 bridgehead atoms. The Balaban J connectivity index is 1.56. The van der Waals surface area contributed by atoms with E-state index >= 15 is 0 Å². The van der Waals surface area contributed by atoms with Crippen molar-refractivity contribution >= 4 is 23.2 Å². The normalized spacial score (nSPS) is 10.5. The van der Waals surface area contributed by atoms with Gasteiger partial charge in [-0.05, 0) is 41.8 Å². The van der Waals surface area contributed by atoms with Crippen molar-refractivity contribution in [3.63, 3.8) is 0 Å². The Morgan fingerprint density at radius 3 is 2.30 bits per heavy atom. The van der Waals surface area contributed by atoms with Gasteiger partial charge in [0, 0.05) is 5.69 Å². The number of hydrogen-bond donors (Lipinski definition) is 2. The zero-order valence-electron chi connectivity index (χ0n) is 15.3. The number of anilines is 3. The van der Waals surface area contributed by atoms with Gasteiger partial charge in [0.25, 0.3) is 5.91 Å². The molecule has 1 amide bonds. The Labute approximate surface area is 158 Å². The van der Waals surface area contributed by atoms with Crippen molar-refractivity contribution in [2.45, 2.75) is 19.8 Å². The van der Waals surface area contributed by atoms with Crippen LogP contribution in [0.1, 0.15) is 25.3 Å². The number of aromatic nitrogens is 2. The van der Waals surface area contributed by atoms with E-state index < -0.39 is 0 Å². The smallest absolute Gasteiger partial charge is 0.263 e. The topological polar surface area (TPSA) is 76.1 Å². The van der Waals surface area contributed by atoms with Crippen molar-refractivity contribution in [1.29, 1.82) is 0 Å². The summed E-state index contributed by atoms with van der Waals surface area (Å²) >= 11 is 0. The van der Waals surface area contributed by atoms with Crippen molar-refractivity contribution in [2.24, 2.45) is 0 Å². The molecule has 0 aliphatic rings. The van der Waals surface area contributed by atoms with Crippen molar-refractivity contribution < 1.29 is 9.53 Å². The first kappa shape index (κ1) is 18.4. The lowest BCUT2D eigenvalue weighted by atomic mass is 10.0. The minimum absolute atomic E-state index is 0.0898. The van der Waals surface area contributed by atoms with E-state index in [0.717, 1.165) is 5.69 Å². The fourth-order valence-corrected chi connectivity index (χ4v) is 2.56. The number of para-hydroxylation sites is 2. The second-order valence-corrected chi connectivity index (χ2v) is 6.32. The summed E-state index contributed by atoms with van der Waals surface area (Å²) in [7, 11) is 0.